The van der Waals surface area contributed by atoms with E-state index < -0.39 is 0 Å². The monoisotopic (exact) mass is 385 g/mol. The highest BCUT2D eigenvalue weighted by Gasteiger charge is 2.19. The number of anilines is 2. The Hall–Kier alpha value is -2.12. The topological polar surface area (TPSA) is 61.4 Å². The Bertz CT molecular complexity index is 795. The van der Waals surface area contributed by atoms with Crippen LogP contribution in [0.4, 0.5) is 11.6 Å². The fourth-order valence-corrected chi connectivity index (χ4v) is 3.94. The minimum absolute atomic E-state index is 0.0179. The van der Waals surface area contributed by atoms with Crippen molar-refractivity contribution in [1.29, 1.82) is 0 Å². The second kappa shape index (κ2) is 8.71. The van der Waals surface area contributed by atoms with Crippen LogP contribution in [-0.2, 0) is 4.79 Å². The summed E-state index contributed by atoms with van der Waals surface area (Å²) in [6, 6.07) is 7.90. The van der Waals surface area contributed by atoms with Crippen molar-refractivity contribution in [3.05, 3.63) is 35.7 Å². The smallest absolute Gasteiger partial charge is 0.225 e. The quantitative estimate of drug-likeness (QED) is 0.852. The summed E-state index contributed by atoms with van der Waals surface area (Å²) in [7, 11) is 2.14. The molecule has 0 atom stereocenters. The van der Waals surface area contributed by atoms with E-state index in [0.717, 1.165) is 59.0 Å². The molecule has 2 heterocycles. The number of piperazine rings is 1. The van der Waals surface area contributed by atoms with Gasteiger partial charge in [-0.1, -0.05) is 24.8 Å². The van der Waals surface area contributed by atoms with Gasteiger partial charge >= 0.3 is 0 Å². The molecule has 0 unspecified atom stereocenters. The molecule has 1 fully saturated rings. The van der Waals surface area contributed by atoms with Crippen molar-refractivity contribution >= 4 is 29.3 Å². The molecule has 1 amide bonds. The van der Waals surface area contributed by atoms with Crippen molar-refractivity contribution in [3.8, 4) is 0 Å². The molecule has 3 rings (SSSR count). The summed E-state index contributed by atoms with van der Waals surface area (Å²) in [5.74, 6) is 0.843. The third kappa shape index (κ3) is 4.99. The van der Waals surface area contributed by atoms with Crippen LogP contribution < -0.4 is 10.2 Å². The zero-order valence-electron chi connectivity index (χ0n) is 16.5. The van der Waals surface area contributed by atoms with E-state index in [9.17, 15) is 4.79 Å². The minimum Gasteiger partial charge on any atom is -0.338 e. The average molecular weight is 386 g/mol. The summed E-state index contributed by atoms with van der Waals surface area (Å²) in [5.41, 5.74) is 2.80. The number of nitrogens with zero attached hydrogens (tertiary/aromatic N) is 4. The Morgan fingerprint density at radius 1 is 1.15 bits per heavy atom. The third-order valence-corrected chi connectivity index (χ3v) is 5.92. The number of amides is 1. The molecule has 1 aliphatic heterocycles. The lowest BCUT2D eigenvalue weighted by Gasteiger charge is -2.32. The van der Waals surface area contributed by atoms with Gasteiger partial charge in [0.25, 0.3) is 0 Å². The minimum atomic E-state index is 0.0179. The van der Waals surface area contributed by atoms with Crippen LogP contribution in [0.15, 0.2) is 34.1 Å². The number of aromatic nitrogens is 2. The van der Waals surface area contributed by atoms with E-state index in [2.05, 4.69) is 22.2 Å². The second-order valence-electron chi connectivity index (χ2n) is 6.85. The molecule has 0 saturated carbocycles. The Morgan fingerprint density at radius 2 is 1.81 bits per heavy atom. The Labute approximate surface area is 165 Å². The molecule has 7 heteroatoms. The number of carbonyl (C=O) groups excluding carboxylic acids is 1. The molecule has 0 bridgehead atoms. The SMILES string of the molecule is CCC(=O)Nc1cccc(Sc2c(C)nc(N3CCN(C)CC3)nc2C)c1. The first-order valence-corrected chi connectivity index (χ1v) is 10.1. The fraction of sp³-hybridized carbons (Fsp3) is 0.450. The first-order chi connectivity index (χ1) is 13.0. The van der Waals surface area contributed by atoms with Gasteiger partial charge in [0, 0.05) is 43.2 Å². The number of likely N-dealkylation sites (N-methyl/N-ethyl adjacent to an activating group) is 1. The average Bonchev–Trinajstić information content (AvgIpc) is 2.65. The molecule has 0 aliphatic carbocycles. The number of hydrogen-bond donors (Lipinski definition) is 1. The van der Waals surface area contributed by atoms with Gasteiger partial charge in [0.2, 0.25) is 11.9 Å². The maximum Gasteiger partial charge on any atom is 0.225 e. The molecular formula is C20H27N5OS. The standard InChI is InChI=1S/C20H27N5OS/c1-5-18(26)23-16-7-6-8-17(13-16)27-19-14(2)21-20(22-15(19)3)25-11-9-24(4)10-12-25/h6-8,13H,5,9-12H2,1-4H3,(H,23,26). The molecule has 6 nitrogen and oxygen atoms in total. The summed E-state index contributed by atoms with van der Waals surface area (Å²) >= 11 is 1.64. The summed E-state index contributed by atoms with van der Waals surface area (Å²) in [6.07, 6.45) is 0.469. The highest BCUT2D eigenvalue weighted by Crippen LogP contribution is 2.33. The van der Waals surface area contributed by atoms with E-state index >= 15 is 0 Å². The van der Waals surface area contributed by atoms with Crippen LogP contribution in [0.3, 0.4) is 0 Å². The van der Waals surface area contributed by atoms with Gasteiger partial charge in [-0.05, 0) is 39.1 Å². The molecule has 1 aromatic heterocycles. The van der Waals surface area contributed by atoms with Crippen LogP contribution in [0.1, 0.15) is 24.7 Å². The van der Waals surface area contributed by atoms with Crippen LogP contribution in [0.5, 0.6) is 0 Å². The molecule has 1 aromatic carbocycles. The van der Waals surface area contributed by atoms with Crippen molar-refractivity contribution in [1.82, 2.24) is 14.9 Å². The van der Waals surface area contributed by atoms with Gasteiger partial charge in [-0.15, -0.1) is 0 Å². The van der Waals surface area contributed by atoms with Crippen molar-refractivity contribution in [2.24, 2.45) is 0 Å². The summed E-state index contributed by atoms with van der Waals surface area (Å²) in [5, 5.41) is 2.91. The molecule has 27 heavy (non-hydrogen) atoms. The molecular weight excluding hydrogens is 358 g/mol. The van der Waals surface area contributed by atoms with Crippen molar-refractivity contribution in [2.75, 3.05) is 43.4 Å². The Balaban J connectivity index is 1.77. The number of hydrogen-bond acceptors (Lipinski definition) is 6. The highest BCUT2D eigenvalue weighted by atomic mass is 32.2. The van der Waals surface area contributed by atoms with E-state index in [-0.39, 0.29) is 5.91 Å². The van der Waals surface area contributed by atoms with Gasteiger partial charge in [0.15, 0.2) is 0 Å². The maximum absolute atomic E-state index is 11.6. The van der Waals surface area contributed by atoms with Crippen molar-refractivity contribution in [2.45, 2.75) is 37.0 Å². The predicted molar refractivity (Wildman–Crippen MR) is 111 cm³/mol. The number of nitrogens with one attached hydrogen (secondary N) is 1. The largest absolute Gasteiger partial charge is 0.338 e. The van der Waals surface area contributed by atoms with E-state index in [0.29, 0.717) is 6.42 Å². The normalized spacial score (nSPS) is 15.0. The second-order valence-corrected chi connectivity index (χ2v) is 7.93. The predicted octanol–water partition coefficient (Wildman–Crippen LogP) is 3.34. The molecule has 2 aromatic rings. The van der Waals surface area contributed by atoms with Crippen LogP contribution in [0, 0.1) is 13.8 Å². The van der Waals surface area contributed by atoms with Gasteiger partial charge in [0.1, 0.15) is 0 Å². The number of benzene rings is 1. The zero-order chi connectivity index (χ0) is 19.4. The lowest BCUT2D eigenvalue weighted by atomic mass is 10.3. The van der Waals surface area contributed by atoms with Crippen LogP contribution in [0.2, 0.25) is 0 Å². The van der Waals surface area contributed by atoms with Gasteiger partial charge in [-0.2, -0.15) is 0 Å². The van der Waals surface area contributed by atoms with E-state index in [4.69, 9.17) is 9.97 Å². The van der Waals surface area contributed by atoms with Crippen molar-refractivity contribution < 1.29 is 4.79 Å². The van der Waals surface area contributed by atoms with Gasteiger partial charge in [-0.3, -0.25) is 4.79 Å². The Kier molecular flexibility index (Phi) is 6.34. The van der Waals surface area contributed by atoms with Crippen molar-refractivity contribution in [3.63, 3.8) is 0 Å². The number of carbonyl (C=O) groups is 1. The molecule has 1 aliphatic rings. The van der Waals surface area contributed by atoms with Gasteiger partial charge < -0.3 is 15.1 Å². The lowest BCUT2D eigenvalue weighted by Crippen LogP contribution is -2.45. The van der Waals surface area contributed by atoms with Gasteiger partial charge in [0.05, 0.1) is 16.3 Å². The van der Waals surface area contributed by atoms with Crippen LogP contribution in [-0.4, -0.2) is 54.0 Å². The number of aryl methyl sites for hydroxylation is 2. The highest BCUT2D eigenvalue weighted by molar-refractivity contribution is 7.99. The van der Waals surface area contributed by atoms with Crippen LogP contribution >= 0.6 is 11.8 Å². The molecule has 0 radical (unpaired) electrons. The molecule has 144 valence electrons. The van der Waals surface area contributed by atoms with E-state index in [1.54, 1.807) is 11.8 Å². The maximum atomic E-state index is 11.6. The summed E-state index contributed by atoms with van der Waals surface area (Å²) < 4.78 is 0. The van der Waals surface area contributed by atoms with E-state index in [1.165, 1.54) is 0 Å². The lowest BCUT2D eigenvalue weighted by molar-refractivity contribution is -0.115. The van der Waals surface area contributed by atoms with Gasteiger partial charge in [-0.25, -0.2) is 9.97 Å². The number of rotatable bonds is 5. The summed E-state index contributed by atoms with van der Waals surface area (Å²) in [4.78, 5) is 27.9. The summed E-state index contributed by atoms with van der Waals surface area (Å²) in [6.45, 7) is 9.92. The Morgan fingerprint density at radius 3 is 2.44 bits per heavy atom. The van der Waals surface area contributed by atoms with E-state index in [1.807, 2.05) is 45.0 Å². The first-order valence-electron chi connectivity index (χ1n) is 9.32. The fourth-order valence-electron chi connectivity index (χ4n) is 2.99. The zero-order valence-corrected chi connectivity index (χ0v) is 17.3. The molecule has 1 saturated heterocycles. The molecule has 0 spiro atoms. The molecule has 1 N–H and O–H groups in total. The third-order valence-electron chi connectivity index (χ3n) is 4.64. The first kappa shape index (κ1) is 19.6. The van der Waals surface area contributed by atoms with Crippen LogP contribution in [0.25, 0.3) is 0 Å².